The van der Waals surface area contributed by atoms with Gasteiger partial charge in [0.2, 0.25) is 0 Å². The third-order valence-corrected chi connectivity index (χ3v) is 3.98. The number of nitrogens with zero attached hydrogens (tertiary/aromatic N) is 2. The average Bonchev–Trinajstić information content (AvgIpc) is 2.46. The van der Waals surface area contributed by atoms with Crippen LogP contribution in [-0.4, -0.2) is 9.97 Å². The van der Waals surface area contributed by atoms with Crippen molar-refractivity contribution >= 4 is 17.6 Å². The Morgan fingerprint density at radius 1 is 1.25 bits per heavy atom. The number of anilines is 1. The molecule has 0 amide bonds. The Kier molecular flexibility index (Phi) is 4.98. The fraction of sp³-hybridized carbons (Fsp3) is 0.333. The topological polar surface area (TPSA) is 63.8 Å². The maximum atomic E-state index is 5.47. The van der Waals surface area contributed by atoms with Crippen LogP contribution in [0.3, 0.4) is 0 Å². The Morgan fingerprint density at radius 3 is 2.65 bits per heavy atom. The van der Waals surface area contributed by atoms with Crippen LogP contribution in [0.1, 0.15) is 36.7 Å². The molecule has 0 aliphatic carbocycles. The van der Waals surface area contributed by atoms with Crippen molar-refractivity contribution in [3.05, 3.63) is 47.3 Å². The predicted molar refractivity (Wildman–Crippen MR) is 84.7 cm³/mol. The van der Waals surface area contributed by atoms with Gasteiger partial charge >= 0.3 is 0 Å². The van der Waals surface area contributed by atoms with Crippen molar-refractivity contribution in [2.24, 2.45) is 5.84 Å². The first-order valence-electron chi connectivity index (χ1n) is 6.63. The van der Waals surface area contributed by atoms with E-state index in [1.165, 1.54) is 11.1 Å². The number of hydrogen-bond acceptors (Lipinski definition) is 5. The first-order chi connectivity index (χ1) is 9.60. The van der Waals surface area contributed by atoms with Crippen LogP contribution in [0.4, 0.5) is 5.82 Å². The van der Waals surface area contributed by atoms with Gasteiger partial charge in [-0.05, 0) is 18.1 Å². The van der Waals surface area contributed by atoms with Gasteiger partial charge in [0.25, 0.3) is 0 Å². The summed E-state index contributed by atoms with van der Waals surface area (Å²) in [5, 5.41) is 0.944. The van der Waals surface area contributed by atoms with Gasteiger partial charge in [-0.2, -0.15) is 0 Å². The number of benzene rings is 1. The fourth-order valence-electron chi connectivity index (χ4n) is 1.77. The molecule has 0 saturated carbocycles. The summed E-state index contributed by atoms with van der Waals surface area (Å²) in [7, 11) is 0. The number of hydrazine groups is 1. The van der Waals surface area contributed by atoms with Gasteiger partial charge < -0.3 is 5.43 Å². The lowest BCUT2D eigenvalue weighted by atomic mass is 10.1. The minimum Gasteiger partial charge on any atom is -0.308 e. The van der Waals surface area contributed by atoms with E-state index in [4.69, 9.17) is 5.84 Å². The van der Waals surface area contributed by atoms with Crippen LogP contribution in [0.5, 0.6) is 0 Å². The summed E-state index contributed by atoms with van der Waals surface area (Å²) in [6.07, 6.45) is 0. The lowest BCUT2D eigenvalue weighted by molar-refractivity contribution is 0.754. The maximum absolute atomic E-state index is 5.47. The molecule has 0 spiro atoms. The largest absolute Gasteiger partial charge is 0.308 e. The molecule has 20 heavy (non-hydrogen) atoms. The summed E-state index contributed by atoms with van der Waals surface area (Å²) < 4.78 is 0. The SMILES string of the molecule is Cc1ccccc1CSc1cc(NN)nc(C(C)C)n1. The lowest BCUT2D eigenvalue weighted by Crippen LogP contribution is -2.11. The molecule has 0 fully saturated rings. The molecule has 5 heteroatoms. The molecule has 1 aromatic heterocycles. The van der Waals surface area contributed by atoms with E-state index in [9.17, 15) is 0 Å². The first kappa shape index (κ1) is 14.8. The Bertz CT molecular complexity index is 584. The Hall–Kier alpha value is -1.59. The number of rotatable bonds is 5. The third kappa shape index (κ3) is 3.71. The number of nitrogen functional groups attached to an aromatic ring is 1. The van der Waals surface area contributed by atoms with Crippen LogP contribution in [0.15, 0.2) is 35.4 Å². The van der Waals surface area contributed by atoms with Gasteiger partial charge in [-0.15, -0.1) is 11.8 Å². The van der Waals surface area contributed by atoms with Gasteiger partial charge in [0.1, 0.15) is 16.7 Å². The molecule has 0 aliphatic heterocycles. The number of nitrogens with one attached hydrogen (secondary N) is 1. The van der Waals surface area contributed by atoms with Crippen LogP contribution in [-0.2, 0) is 5.75 Å². The van der Waals surface area contributed by atoms with Crippen LogP contribution < -0.4 is 11.3 Å². The van der Waals surface area contributed by atoms with E-state index in [0.717, 1.165) is 16.6 Å². The van der Waals surface area contributed by atoms with E-state index in [1.54, 1.807) is 11.8 Å². The second-order valence-corrected chi connectivity index (χ2v) is 5.96. The van der Waals surface area contributed by atoms with E-state index in [1.807, 2.05) is 6.07 Å². The zero-order valence-corrected chi connectivity index (χ0v) is 12.9. The molecule has 0 radical (unpaired) electrons. The number of hydrogen-bond donors (Lipinski definition) is 2. The van der Waals surface area contributed by atoms with Crippen LogP contribution in [0.2, 0.25) is 0 Å². The monoisotopic (exact) mass is 288 g/mol. The first-order valence-corrected chi connectivity index (χ1v) is 7.61. The number of thioether (sulfide) groups is 1. The van der Waals surface area contributed by atoms with Crippen molar-refractivity contribution in [1.82, 2.24) is 9.97 Å². The molecule has 2 aromatic rings. The quantitative estimate of drug-likeness (QED) is 0.382. The Morgan fingerprint density at radius 2 is 2.00 bits per heavy atom. The van der Waals surface area contributed by atoms with Crippen LogP contribution in [0.25, 0.3) is 0 Å². The van der Waals surface area contributed by atoms with Crippen LogP contribution in [0, 0.1) is 6.92 Å². The van der Waals surface area contributed by atoms with E-state index in [0.29, 0.717) is 5.82 Å². The molecule has 0 atom stereocenters. The van der Waals surface area contributed by atoms with Crippen molar-refractivity contribution in [3.8, 4) is 0 Å². The van der Waals surface area contributed by atoms with Gasteiger partial charge in [-0.1, -0.05) is 38.1 Å². The molecule has 0 aliphatic rings. The second-order valence-electron chi connectivity index (χ2n) is 4.96. The van der Waals surface area contributed by atoms with Gasteiger partial charge in [-0.3, -0.25) is 0 Å². The molecule has 0 unspecified atom stereocenters. The molecule has 106 valence electrons. The van der Waals surface area contributed by atoms with Crippen molar-refractivity contribution in [3.63, 3.8) is 0 Å². The van der Waals surface area contributed by atoms with Gasteiger partial charge in [0, 0.05) is 17.7 Å². The zero-order chi connectivity index (χ0) is 14.5. The minimum absolute atomic E-state index is 0.279. The normalized spacial score (nSPS) is 10.8. The molecular weight excluding hydrogens is 268 g/mol. The van der Waals surface area contributed by atoms with Crippen molar-refractivity contribution in [1.29, 1.82) is 0 Å². The molecule has 3 N–H and O–H groups in total. The Labute approximate surface area is 124 Å². The smallest absolute Gasteiger partial charge is 0.144 e. The van der Waals surface area contributed by atoms with Gasteiger partial charge in [0.05, 0.1) is 0 Å². The molecule has 1 aromatic carbocycles. The maximum Gasteiger partial charge on any atom is 0.144 e. The summed E-state index contributed by atoms with van der Waals surface area (Å²) >= 11 is 1.70. The molecule has 2 rings (SSSR count). The standard InChI is InChI=1S/C15H20N4S/c1-10(2)15-17-13(19-16)8-14(18-15)20-9-12-7-5-4-6-11(12)3/h4-8,10H,9,16H2,1-3H3,(H,17,18,19). The molecule has 4 nitrogen and oxygen atoms in total. The fourth-order valence-corrected chi connectivity index (χ4v) is 2.75. The summed E-state index contributed by atoms with van der Waals surface area (Å²) in [5.74, 6) is 8.12. The van der Waals surface area contributed by atoms with Gasteiger partial charge in [-0.25, -0.2) is 15.8 Å². The van der Waals surface area contributed by atoms with E-state index >= 15 is 0 Å². The van der Waals surface area contributed by atoms with Gasteiger partial charge in [0.15, 0.2) is 0 Å². The highest BCUT2D eigenvalue weighted by molar-refractivity contribution is 7.98. The second kappa shape index (κ2) is 6.72. The van der Waals surface area contributed by atoms with Crippen molar-refractivity contribution < 1.29 is 0 Å². The molecule has 0 bridgehead atoms. The predicted octanol–water partition coefficient (Wildman–Crippen LogP) is 3.49. The highest BCUT2D eigenvalue weighted by Crippen LogP contribution is 2.25. The minimum atomic E-state index is 0.279. The Balaban J connectivity index is 2.17. The number of aryl methyl sites for hydroxylation is 1. The number of nitrogens with two attached hydrogens (primary N) is 1. The van der Waals surface area contributed by atoms with Crippen molar-refractivity contribution in [2.45, 2.75) is 37.5 Å². The molecular formula is C15H20N4S. The van der Waals surface area contributed by atoms with E-state index in [2.05, 4.69) is 60.4 Å². The summed E-state index contributed by atoms with van der Waals surface area (Å²) in [6, 6.07) is 10.3. The molecule has 1 heterocycles. The summed E-state index contributed by atoms with van der Waals surface area (Å²) in [5.41, 5.74) is 5.23. The highest BCUT2D eigenvalue weighted by Gasteiger charge is 2.08. The molecule has 0 saturated heterocycles. The lowest BCUT2D eigenvalue weighted by Gasteiger charge is -2.10. The van der Waals surface area contributed by atoms with Crippen molar-refractivity contribution in [2.75, 3.05) is 5.43 Å². The van der Waals surface area contributed by atoms with Crippen LogP contribution >= 0.6 is 11.8 Å². The van der Waals surface area contributed by atoms with E-state index in [-0.39, 0.29) is 5.92 Å². The summed E-state index contributed by atoms with van der Waals surface area (Å²) in [4.78, 5) is 8.95. The average molecular weight is 288 g/mol. The number of aromatic nitrogens is 2. The summed E-state index contributed by atoms with van der Waals surface area (Å²) in [6.45, 7) is 6.28. The highest BCUT2D eigenvalue weighted by atomic mass is 32.2. The van der Waals surface area contributed by atoms with E-state index < -0.39 is 0 Å². The zero-order valence-electron chi connectivity index (χ0n) is 12.1. The third-order valence-electron chi connectivity index (χ3n) is 3.02.